The van der Waals surface area contributed by atoms with E-state index in [0.717, 1.165) is 25.4 Å². The van der Waals surface area contributed by atoms with Crippen molar-refractivity contribution in [1.82, 2.24) is 5.32 Å². The van der Waals surface area contributed by atoms with Gasteiger partial charge in [-0.15, -0.1) is 0 Å². The maximum Gasteiger partial charge on any atom is 0.122 e. The highest BCUT2D eigenvalue weighted by atomic mass is 16.5. The van der Waals surface area contributed by atoms with E-state index in [2.05, 4.69) is 38.2 Å². The molecule has 1 fully saturated rings. The molecule has 1 saturated heterocycles. The first-order valence-corrected chi connectivity index (χ1v) is 6.08. The van der Waals surface area contributed by atoms with Crippen LogP contribution < -0.4 is 10.1 Å². The van der Waals surface area contributed by atoms with Crippen molar-refractivity contribution >= 4 is 0 Å². The van der Waals surface area contributed by atoms with Crippen molar-refractivity contribution in [2.24, 2.45) is 5.92 Å². The number of aryl methyl sites for hydroxylation is 2. The molecule has 0 radical (unpaired) electrons. The van der Waals surface area contributed by atoms with Gasteiger partial charge in [-0.2, -0.15) is 0 Å². The normalized spacial score (nSPS) is 20.1. The maximum absolute atomic E-state index is 5.94. The molecule has 1 N–H and O–H groups in total. The summed E-state index contributed by atoms with van der Waals surface area (Å²) in [6.45, 7) is 9.49. The lowest BCUT2D eigenvalue weighted by molar-refractivity contribution is 0.258. The van der Waals surface area contributed by atoms with Crippen molar-refractivity contribution in [1.29, 1.82) is 0 Å². The summed E-state index contributed by atoms with van der Waals surface area (Å²) in [5.74, 6) is 1.74. The standard InChI is InChI=1S/C14H21NO/c1-10-6-11(2)12(3)14(7-10)16-9-13-4-5-15-8-13/h6-7,13,15H,4-5,8-9H2,1-3H3/t13-/m1/s1. The van der Waals surface area contributed by atoms with E-state index in [0.29, 0.717) is 5.92 Å². The van der Waals surface area contributed by atoms with Gasteiger partial charge in [0.25, 0.3) is 0 Å². The second-order valence-electron chi connectivity index (χ2n) is 4.87. The van der Waals surface area contributed by atoms with Crippen molar-refractivity contribution in [3.8, 4) is 5.75 Å². The lowest BCUT2D eigenvalue weighted by Crippen LogP contribution is -2.16. The molecule has 0 spiro atoms. The van der Waals surface area contributed by atoms with Crippen LogP contribution in [-0.2, 0) is 0 Å². The van der Waals surface area contributed by atoms with E-state index in [4.69, 9.17) is 4.74 Å². The van der Waals surface area contributed by atoms with Crippen LogP contribution in [0.25, 0.3) is 0 Å². The SMILES string of the molecule is Cc1cc(C)c(C)c(OC[C@@H]2CCNC2)c1. The predicted molar refractivity (Wildman–Crippen MR) is 67.1 cm³/mol. The molecule has 0 bridgehead atoms. The van der Waals surface area contributed by atoms with E-state index in [9.17, 15) is 0 Å². The number of ether oxygens (including phenoxy) is 1. The van der Waals surface area contributed by atoms with Crippen LogP contribution in [0.15, 0.2) is 12.1 Å². The molecule has 1 aromatic rings. The van der Waals surface area contributed by atoms with Crippen LogP contribution in [0.5, 0.6) is 5.75 Å². The van der Waals surface area contributed by atoms with Gasteiger partial charge < -0.3 is 10.1 Å². The number of rotatable bonds is 3. The van der Waals surface area contributed by atoms with Crippen LogP contribution in [-0.4, -0.2) is 19.7 Å². The number of benzene rings is 1. The smallest absolute Gasteiger partial charge is 0.122 e. The van der Waals surface area contributed by atoms with E-state index >= 15 is 0 Å². The van der Waals surface area contributed by atoms with Gasteiger partial charge in [0, 0.05) is 12.5 Å². The van der Waals surface area contributed by atoms with Gasteiger partial charge in [0.2, 0.25) is 0 Å². The number of nitrogens with one attached hydrogen (secondary N) is 1. The monoisotopic (exact) mass is 219 g/mol. The largest absolute Gasteiger partial charge is 0.493 e. The Balaban J connectivity index is 2.02. The van der Waals surface area contributed by atoms with Gasteiger partial charge >= 0.3 is 0 Å². The highest BCUT2D eigenvalue weighted by Gasteiger charge is 2.15. The van der Waals surface area contributed by atoms with Crippen LogP contribution >= 0.6 is 0 Å². The highest BCUT2D eigenvalue weighted by molar-refractivity contribution is 5.41. The molecule has 2 nitrogen and oxygen atoms in total. The van der Waals surface area contributed by atoms with Crippen LogP contribution in [0, 0.1) is 26.7 Å². The zero-order chi connectivity index (χ0) is 11.5. The van der Waals surface area contributed by atoms with Crippen molar-refractivity contribution in [2.45, 2.75) is 27.2 Å². The third kappa shape index (κ3) is 2.56. The van der Waals surface area contributed by atoms with E-state index in [1.165, 1.54) is 23.1 Å². The van der Waals surface area contributed by atoms with Gasteiger partial charge in [-0.3, -0.25) is 0 Å². The summed E-state index contributed by atoms with van der Waals surface area (Å²) in [6.07, 6.45) is 1.24. The van der Waals surface area contributed by atoms with Crippen molar-refractivity contribution in [3.05, 3.63) is 28.8 Å². The molecule has 0 aromatic heterocycles. The Bertz CT molecular complexity index is 367. The Labute approximate surface area is 98.0 Å². The average molecular weight is 219 g/mol. The fraction of sp³-hybridized carbons (Fsp3) is 0.571. The van der Waals surface area contributed by atoms with E-state index in [-0.39, 0.29) is 0 Å². The molecule has 0 aliphatic carbocycles. The first-order valence-electron chi connectivity index (χ1n) is 6.08. The summed E-state index contributed by atoms with van der Waals surface area (Å²) in [6, 6.07) is 4.35. The molecule has 88 valence electrons. The van der Waals surface area contributed by atoms with Gasteiger partial charge in [0.05, 0.1) is 6.61 Å². The first kappa shape index (κ1) is 11.5. The Morgan fingerprint density at radius 1 is 1.31 bits per heavy atom. The van der Waals surface area contributed by atoms with Crippen molar-refractivity contribution in [3.63, 3.8) is 0 Å². The zero-order valence-electron chi connectivity index (χ0n) is 10.5. The second-order valence-corrected chi connectivity index (χ2v) is 4.87. The van der Waals surface area contributed by atoms with Crippen molar-refractivity contribution < 1.29 is 4.74 Å². The lowest BCUT2D eigenvalue weighted by Gasteiger charge is -2.15. The van der Waals surface area contributed by atoms with Crippen LogP contribution in [0.3, 0.4) is 0 Å². The second kappa shape index (κ2) is 4.88. The number of hydrogen-bond donors (Lipinski definition) is 1. The molecule has 2 heteroatoms. The van der Waals surface area contributed by atoms with E-state index < -0.39 is 0 Å². The van der Waals surface area contributed by atoms with Gasteiger partial charge in [-0.05, 0) is 56.5 Å². The topological polar surface area (TPSA) is 21.3 Å². The third-order valence-electron chi connectivity index (χ3n) is 3.40. The zero-order valence-corrected chi connectivity index (χ0v) is 10.5. The van der Waals surface area contributed by atoms with Gasteiger partial charge in [-0.1, -0.05) is 6.07 Å². The molecule has 16 heavy (non-hydrogen) atoms. The van der Waals surface area contributed by atoms with Crippen LogP contribution in [0.4, 0.5) is 0 Å². The summed E-state index contributed by atoms with van der Waals surface area (Å²) < 4.78 is 5.94. The first-order chi connectivity index (χ1) is 7.66. The minimum absolute atomic E-state index is 0.681. The van der Waals surface area contributed by atoms with Crippen LogP contribution in [0.2, 0.25) is 0 Å². The Morgan fingerprint density at radius 2 is 2.12 bits per heavy atom. The molecule has 0 saturated carbocycles. The molecule has 1 atom stereocenters. The van der Waals surface area contributed by atoms with Crippen LogP contribution in [0.1, 0.15) is 23.1 Å². The molecular weight excluding hydrogens is 198 g/mol. The summed E-state index contributed by atoms with van der Waals surface area (Å²) >= 11 is 0. The highest BCUT2D eigenvalue weighted by Crippen LogP contribution is 2.24. The van der Waals surface area contributed by atoms with Crippen molar-refractivity contribution in [2.75, 3.05) is 19.7 Å². The molecule has 1 aromatic carbocycles. The fourth-order valence-corrected chi connectivity index (χ4v) is 2.22. The number of hydrogen-bond acceptors (Lipinski definition) is 2. The Hall–Kier alpha value is -1.02. The molecule has 1 aliphatic rings. The van der Waals surface area contributed by atoms with Gasteiger partial charge in [0.1, 0.15) is 5.75 Å². The minimum atomic E-state index is 0.681. The molecule has 1 aliphatic heterocycles. The summed E-state index contributed by atoms with van der Waals surface area (Å²) in [7, 11) is 0. The fourth-order valence-electron chi connectivity index (χ4n) is 2.22. The van der Waals surface area contributed by atoms with E-state index in [1.807, 2.05) is 0 Å². The van der Waals surface area contributed by atoms with E-state index in [1.54, 1.807) is 0 Å². The molecular formula is C14H21NO. The minimum Gasteiger partial charge on any atom is -0.493 e. The molecule has 0 amide bonds. The van der Waals surface area contributed by atoms with Gasteiger partial charge in [-0.25, -0.2) is 0 Å². The summed E-state index contributed by atoms with van der Waals surface area (Å²) in [5.41, 5.74) is 3.87. The predicted octanol–water partition coefficient (Wildman–Crippen LogP) is 2.60. The quantitative estimate of drug-likeness (QED) is 0.843. The molecule has 2 rings (SSSR count). The van der Waals surface area contributed by atoms with Gasteiger partial charge in [0.15, 0.2) is 0 Å². The third-order valence-corrected chi connectivity index (χ3v) is 3.40. The lowest BCUT2D eigenvalue weighted by atomic mass is 10.1. The molecule has 1 heterocycles. The summed E-state index contributed by atoms with van der Waals surface area (Å²) in [4.78, 5) is 0. The molecule has 0 unspecified atom stereocenters. The Morgan fingerprint density at radius 3 is 2.81 bits per heavy atom. The Kier molecular flexibility index (Phi) is 3.49. The summed E-state index contributed by atoms with van der Waals surface area (Å²) in [5, 5.41) is 3.37. The average Bonchev–Trinajstić information content (AvgIpc) is 2.74. The maximum atomic E-state index is 5.94.